The molecule has 1 atom stereocenters. The van der Waals surface area contributed by atoms with E-state index >= 15 is 0 Å². The van der Waals surface area contributed by atoms with E-state index in [4.69, 9.17) is 0 Å². The highest BCUT2D eigenvalue weighted by Gasteiger charge is 2.25. The lowest BCUT2D eigenvalue weighted by atomic mass is 10.2. The number of carbonyl (C=O) groups is 1. The average Bonchev–Trinajstić information content (AvgIpc) is 2.32. The van der Waals surface area contributed by atoms with Crippen LogP contribution in [0.2, 0.25) is 0 Å². The fourth-order valence-electron chi connectivity index (χ4n) is 2.01. The van der Waals surface area contributed by atoms with E-state index in [9.17, 15) is 17.6 Å². The number of carbonyl (C=O) groups excluding carboxylic acids is 1. The van der Waals surface area contributed by atoms with Gasteiger partial charge in [-0.25, -0.2) is 12.8 Å². The summed E-state index contributed by atoms with van der Waals surface area (Å²) in [6, 6.07) is 3.87. The van der Waals surface area contributed by atoms with E-state index in [-0.39, 0.29) is 23.8 Å². The molecule has 8 heteroatoms. The Morgan fingerprint density at radius 3 is 2.90 bits per heavy atom. The van der Waals surface area contributed by atoms with Gasteiger partial charge in [-0.1, -0.05) is 0 Å². The molecule has 0 radical (unpaired) electrons. The molecule has 1 aromatic carbocycles. The number of amides is 1. The second-order valence-corrected chi connectivity index (χ2v) is 7.73. The van der Waals surface area contributed by atoms with Gasteiger partial charge < -0.3 is 10.6 Å². The predicted octanol–water partition coefficient (Wildman–Crippen LogP) is 1.30. The molecule has 2 N–H and O–H groups in total. The van der Waals surface area contributed by atoms with Gasteiger partial charge in [0, 0.05) is 24.7 Å². The lowest BCUT2D eigenvalue weighted by molar-refractivity contribution is -0.116. The molecule has 1 unspecified atom stereocenters. The molecule has 0 bridgehead atoms. The molecule has 1 fully saturated rings. The van der Waals surface area contributed by atoms with Gasteiger partial charge in [0.05, 0.1) is 16.0 Å². The number of benzene rings is 1. The molecule has 1 aliphatic heterocycles. The average molecular weight is 365 g/mol. The van der Waals surface area contributed by atoms with Crippen molar-refractivity contribution in [1.82, 2.24) is 5.32 Å². The van der Waals surface area contributed by atoms with Crippen molar-refractivity contribution >= 4 is 37.4 Å². The van der Waals surface area contributed by atoms with Crippen LogP contribution in [0, 0.1) is 5.82 Å². The number of nitrogens with one attached hydrogen (secondary N) is 2. The second-order valence-electron chi connectivity index (χ2n) is 4.65. The Kier molecular flexibility index (Phi) is 4.77. The topological polar surface area (TPSA) is 75.3 Å². The van der Waals surface area contributed by atoms with Crippen molar-refractivity contribution in [3.63, 3.8) is 0 Å². The van der Waals surface area contributed by atoms with Gasteiger partial charge in [0.1, 0.15) is 5.82 Å². The molecule has 0 aliphatic carbocycles. The lowest BCUT2D eigenvalue weighted by Crippen LogP contribution is -2.46. The third kappa shape index (κ3) is 4.26. The molecule has 1 amide bonds. The quantitative estimate of drug-likeness (QED) is 0.847. The molecule has 1 saturated heterocycles. The van der Waals surface area contributed by atoms with Crippen LogP contribution in [0.4, 0.5) is 10.1 Å². The summed E-state index contributed by atoms with van der Waals surface area (Å²) in [4.78, 5) is 11.8. The zero-order valence-corrected chi connectivity index (χ0v) is 12.9. The van der Waals surface area contributed by atoms with Crippen LogP contribution in [0.1, 0.15) is 6.42 Å². The Morgan fingerprint density at radius 1 is 1.50 bits per heavy atom. The predicted molar refractivity (Wildman–Crippen MR) is 77.8 cm³/mol. The van der Waals surface area contributed by atoms with Crippen molar-refractivity contribution < 1.29 is 17.6 Å². The minimum atomic E-state index is -3.07. The van der Waals surface area contributed by atoms with E-state index in [1.807, 2.05) is 0 Å². The van der Waals surface area contributed by atoms with Crippen LogP contribution in [0.3, 0.4) is 0 Å². The highest BCUT2D eigenvalue weighted by molar-refractivity contribution is 9.10. The maximum Gasteiger partial charge on any atom is 0.225 e. The Hall–Kier alpha value is -0.990. The third-order valence-electron chi connectivity index (χ3n) is 2.94. The number of hydrogen-bond acceptors (Lipinski definition) is 4. The van der Waals surface area contributed by atoms with Crippen molar-refractivity contribution in [3.8, 4) is 0 Å². The van der Waals surface area contributed by atoms with Gasteiger partial charge in [-0.3, -0.25) is 4.79 Å². The standard InChI is InChI=1S/C12H14BrFN2O3S/c13-10-2-1-8(5-11(10)14)16-12(17)6-9-7-20(18,19)4-3-15-9/h1-2,5,9,15H,3-4,6-7H2,(H,16,17). The van der Waals surface area contributed by atoms with E-state index < -0.39 is 21.7 Å². The van der Waals surface area contributed by atoms with E-state index in [1.54, 1.807) is 6.07 Å². The fraction of sp³-hybridized carbons (Fsp3) is 0.417. The SMILES string of the molecule is O=C(CC1CS(=O)(=O)CCN1)Nc1ccc(Br)c(F)c1. The molecule has 1 aromatic rings. The first-order chi connectivity index (χ1) is 9.35. The number of rotatable bonds is 3. The molecule has 2 rings (SSSR count). The van der Waals surface area contributed by atoms with Crippen LogP contribution in [-0.4, -0.2) is 38.4 Å². The third-order valence-corrected chi connectivity index (χ3v) is 5.32. The minimum Gasteiger partial charge on any atom is -0.326 e. The summed E-state index contributed by atoms with van der Waals surface area (Å²) in [7, 11) is -3.07. The summed E-state index contributed by atoms with van der Waals surface area (Å²) in [6.07, 6.45) is 0.0386. The van der Waals surface area contributed by atoms with Gasteiger partial charge in [0.15, 0.2) is 9.84 Å². The summed E-state index contributed by atoms with van der Waals surface area (Å²) >= 11 is 3.02. The molecule has 1 heterocycles. The van der Waals surface area contributed by atoms with Gasteiger partial charge in [0.2, 0.25) is 5.91 Å². The molecule has 0 saturated carbocycles. The normalized spacial score (nSPS) is 21.4. The Bertz CT molecular complexity index is 621. The zero-order chi connectivity index (χ0) is 14.8. The molecule has 110 valence electrons. The van der Waals surface area contributed by atoms with Crippen molar-refractivity contribution in [1.29, 1.82) is 0 Å². The lowest BCUT2D eigenvalue weighted by Gasteiger charge is -2.23. The molecule has 0 aromatic heterocycles. The van der Waals surface area contributed by atoms with Crippen molar-refractivity contribution in [2.24, 2.45) is 0 Å². The number of anilines is 1. The van der Waals surface area contributed by atoms with Crippen LogP contribution in [0.5, 0.6) is 0 Å². The minimum absolute atomic E-state index is 0.0386. The van der Waals surface area contributed by atoms with Gasteiger partial charge in [-0.05, 0) is 34.1 Å². The first kappa shape index (κ1) is 15.4. The smallest absolute Gasteiger partial charge is 0.225 e. The monoisotopic (exact) mass is 364 g/mol. The van der Waals surface area contributed by atoms with Crippen molar-refractivity contribution in [3.05, 3.63) is 28.5 Å². The number of halogens is 2. The van der Waals surface area contributed by atoms with Gasteiger partial charge >= 0.3 is 0 Å². The molecular formula is C12H14BrFN2O3S. The summed E-state index contributed by atoms with van der Waals surface area (Å²) in [5, 5.41) is 5.54. The number of hydrogen-bond donors (Lipinski definition) is 2. The van der Waals surface area contributed by atoms with Crippen LogP contribution in [0.15, 0.2) is 22.7 Å². The maximum atomic E-state index is 13.3. The Morgan fingerprint density at radius 2 is 2.25 bits per heavy atom. The van der Waals surface area contributed by atoms with Crippen LogP contribution in [0.25, 0.3) is 0 Å². The van der Waals surface area contributed by atoms with E-state index in [0.29, 0.717) is 16.7 Å². The Balaban J connectivity index is 1.93. The van der Waals surface area contributed by atoms with E-state index in [1.165, 1.54) is 12.1 Å². The van der Waals surface area contributed by atoms with Gasteiger partial charge in [-0.2, -0.15) is 0 Å². The zero-order valence-electron chi connectivity index (χ0n) is 10.5. The molecule has 0 spiro atoms. The molecular weight excluding hydrogens is 351 g/mol. The second kappa shape index (κ2) is 6.19. The summed E-state index contributed by atoms with van der Waals surface area (Å²) in [6.45, 7) is 0.354. The summed E-state index contributed by atoms with van der Waals surface area (Å²) in [5.41, 5.74) is 0.342. The van der Waals surface area contributed by atoms with Crippen LogP contribution >= 0.6 is 15.9 Å². The highest BCUT2D eigenvalue weighted by Crippen LogP contribution is 2.19. The first-order valence-corrected chi connectivity index (χ1v) is 8.66. The highest BCUT2D eigenvalue weighted by atomic mass is 79.9. The summed E-state index contributed by atoms with van der Waals surface area (Å²) in [5.74, 6) is -0.763. The molecule has 1 aliphatic rings. The van der Waals surface area contributed by atoms with Gasteiger partial charge in [0.25, 0.3) is 0 Å². The maximum absolute atomic E-state index is 13.3. The van der Waals surface area contributed by atoms with E-state index in [0.717, 1.165) is 0 Å². The largest absolute Gasteiger partial charge is 0.326 e. The van der Waals surface area contributed by atoms with E-state index in [2.05, 4.69) is 26.6 Å². The molecule has 5 nitrogen and oxygen atoms in total. The van der Waals surface area contributed by atoms with Gasteiger partial charge in [-0.15, -0.1) is 0 Å². The first-order valence-electron chi connectivity index (χ1n) is 6.04. The number of sulfone groups is 1. The fourth-order valence-corrected chi connectivity index (χ4v) is 3.70. The van der Waals surface area contributed by atoms with Crippen LogP contribution in [-0.2, 0) is 14.6 Å². The molecule has 20 heavy (non-hydrogen) atoms. The summed E-state index contributed by atoms with van der Waals surface area (Å²) < 4.78 is 36.5. The Labute approximate surface area is 125 Å². The van der Waals surface area contributed by atoms with Crippen molar-refractivity contribution in [2.45, 2.75) is 12.5 Å². The van der Waals surface area contributed by atoms with Crippen molar-refractivity contribution in [2.75, 3.05) is 23.4 Å². The van der Waals surface area contributed by atoms with Crippen LogP contribution < -0.4 is 10.6 Å².